The number of sulfonamides is 1. The molecule has 0 spiro atoms. The van der Waals surface area contributed by atoms with Crippen molar-refractivity contribution in [1.82, 2.24) is 15.0 Å². The van der Waals surface area contributed by atoms with Crippen LogP contribution in [-0.2, 0) is 16.6 Å². The zero-order valence-corrected chi connectivity index (χ0v) is 12.3. The highest BCUT2D eigenvalue weighted by Gasteiger charge is 2.25. The minimum Gasteiger partial charge on any atom is -0.313 e. The molecule has 1 aromatic heterocycles. The third kappa shape index (κ3) is 4.01. The van der Waals surface area contributed by atoms with Crippen LogP contribution >= 0.6 is 11.3 Å². The summed E-state index contributed by atoms with van der Waals surface area (Å²) >= 11 is 1.51. The number of thiazole rings is 1. The summed E-state index contributed by atoms with van der Waals surface area (Å²) in [5.74, 6) is 0. The molecule has 0 radical (unpaired) electrons. The smallest absolute Gasteiger partial charge is 0.215 e. The second-order valence-electron chi connectivity index (χ2n) is 4.72. The Bertz CT molecular complexity index is 494. The van der Waals surface area contributed by atoms with Crippen LogP contribution in [0.15, 0.2) is 6.20 Å². The lowest BCUT2D eigenvalue weighted by molar-refractivity contribution is 0.556. The Morgan fingerprint density at radius 2 is 2.28 bits per heavy atom. The largest absolute Gasteiger partial charge is 0.313 e. The van der Waals surface area contributed by atoms with Gasteiger partial charge in [-0.3, -0.25) is 0 Å². The van der Waals surface area contributed by atoms with Crippen LogP contribution in [0.1, 0.15) is 29.7 Å². The fourth-order valence-corrected chi connectivity index (χ4v) is 3.27. The van der Waals surface area contributed by atoms with Gasteiger partial charge in [-0.25, -0.2) is 18.1 Å². The van der Waals surface area contributed by atoms with Crippen molar-refractivity contribution in [3.63, 3.8) is 0 Å². The molecule has 0 bridgehead atoms. The van der Waals surface area contributed by atoms with Gasteiger partial charge in [0, 0.05) is 23.7 Å². The van der Waals surface area contributed by atoms with Crippen LogP contribution in [0, 0.1) is 6.92 Å². The Labute approximate surface area is 112 Å². The van der Waals surface area contributed by atoms with E-state index in [1.165, 1.54) is 24.2 Å². The average Bonchev–Trinajstić information content (AvgIpc) is 3.06. The number of hydrogen-bond donors (Lipinski definition) is 2. The molecule has 0 aliphatic heterocycles. The Morgan fingerprint density at radius 1 is 1.56 bits per heavy atom. The standard InChI is InChI=1S/C11H19N3O2S2/c1-8-5-13-11(17-8)7-14-18(15,16)9(2)6-12-10-3-4-10/h5,9-10,12,14H,3-4,6-7H2,1-2H3. The van der Waals surface area contributed by atoms with Gasteiger partial charge in [0.25, 0.3) is 0 Å². The Balaban J connectivity index is 1.81. The first-order valence-corrected chi connectivity index (χ1v) is 8.47. The number of hydrogen-bond acceptors (Lipinski definition) is 5. The quantitative estimate of drug-likeness (QED) is 0.786. The zero-order chi connectivity index (χ0) is 13.2. The molecule has 1 fully saturated rings. The van der Waals surface area contributed by atoms with Crippen molar-refractivity contribution in [2.45, 2.75) is 44.5 Å². The summed E-state index contributed by atoms with van der Waals surface area (Å²) in [6, 6.07) is 0.532. The molecule has 0 aromatic carbocycles. The summed E-state index contributed by atoms with van der Waals surface area (Å²) in [4.78, 5) is 5.23. The Morgan fingerprint density at radius 3 is 2.83 bits per heavy atom. The van der Waals surface area contributed by atoms with Gasteiger partial charge in [-0.1, -0.05) is 0 Å². The lowest BCUT2D eigenvalue weighted by Gasteiger charge is -2.13. The van der Waals surface area contributed by atoms with Crippen LogP contribution in [-0.4, -0.2) is 31.2 Å². The molecule has 1 saturated carbocycles. The van der Waals surface area contributed by atoms with E-state index in [0.29, 0.717) is 12.6 Å². The molecule has 0 saturated heterocycles. The van der Waals surface area contributed by atoms with E-state index in [-0.39, 0.29) is 6.54 Å². The van der Waals surface area contributed by atoms with Crippen molar-refractivity contribution in [2.75, 3.05) is 6.54 Å². The van der Waals surface area contributed by atoms with E-state index in [0.717, 1.165) is 9.88 Å². The maximum absolute atomic E-state index is 12.0. The minimum absolute atomic E-state index is 0.286. The molecule has 1 atom stereocenters. The number of aryl methyl sites for hydroxylation is 1. The van der Waals surface area contributed by atoms with E-state index in [2.05, 4.69) is 15.0 Å². The summed E-state index contributed by atoms with van der Waals surface area (Å²) in [5.41, 5.74) is 0. The predicted octanol–water partition coefficient (Wildman–Crippen LogP) is 1.01. The van der Waals surface area contributed by atoms with Gasteiger partial charge < -0.3 is 5.32 Å². The van der Waals surface area contributed by atoms with Crippen molar-refractivity contribution in [3.8, 4) is 0 Å². The lowest BCUT2D eigenvalue weighted by Crippen LogP contribution is -2.39. The fraction of sp³-hybridized carbons (Fsp3) is 0.727. The highest BCUT2D eigenvalue weighted by Crippen LogP contribution is 2.18. The van der Waals surface area contributed by atoms with Gasteiger partial charge in [-0.05, 0) is 26.7 Å². The first-order valence-electron chi connectivity index (χ1n) is 6.10. The molecule has 18 heavy (non-hydrogen) atoms. The summed E-state index contributed by atoms with van der Waals surface area (Å²) < 4.78 is 26.6. The molecule has 1 unspecified atom stereocenters. The van der Waals surface area contributed by atoms with Gasteiger partial charge in [0.05, 0.1) is 11.8 Å². The van der Waals surface area contributed by atoms with E-state index in [4.69, 9.17) is 0 Å². The van der Waals surface area contributed by atoms with Crippen LogP contribution in [0.3, 0.4) is 0 Å². The molecule has 2 N–H and O–H groups in total. The molecule has 1 heterocycles. The molecular formula is C11H19N3O2S2. The number of rotatable bonds is 7. The number of aromatic nitrogens is 1. The Kier molecular flexibility index (Phi) is 4.37. The second-order valence-corrected chi connectivity index (χ2v) is 8.23. The van der Waals surface area contributed by atoms with Crippen LogP contribution in [0.2, 0.25) is 0 Å². The molecular weight excluding hydrogens is 270 g/mol. The molecule has 7 heteroatoms. The number of nitrogens with zero attached hydrogens (tertiary/aromatic N) is 1. The van der Waals surface area contributed by atoms with Gasteiger partial charge in [0.2, 0.25) is 10.0 Å². The van der Waals surface area contributed by atoms with Crippen LogP contribution in [0.25, 0.3) is 0 Å². The van der Waals surface area contributed by atoms with E-state index in [9.17, 15) is 8.42 Å². The van der Waals surface area contributed by atoms with Gasteiger partial charge in [0.15, 0.2) is 0 Å². The van der Waals surface area contributed by atoms with E-state index in [1.54, 1.807) is 13.1 Å². The van der Waals surface area contributed by atoms with Gasteiger partial charge in [-0.2, -0.15) is 0 Å². The molecule has 1 aromatic rings. The van der Waals surface area contributed by atoms with E-state index in [1.807, 2.05) is 6.92 Å². The SMILES string of the molecule is Cc1cnc(CNS(=O)(=O)C(C)CNC2CC2)s1. The first kappa shape index (κ1) is 13.9. The minimum atomic E-state index is -3.26. The van der Waals surface area contributed by atoms with Crippen LogP contribution < -0.4 is 10.0 Å². The molecule has 1 aliphatic carbocycles. The highest BCUT2D eigenvalue weighted by atomic mass is 32.2. The predicted molar refractivity (Wildman–Crippen MR) is 73.1 cm³/mol. The maximum Gasteiger partial charge on any atom is 0.215 e. The van der Waals surface area contributed by atoms with Crippen molar-refractivity contribution < 1.29 is 8.42 Å². The summed E-state index contributed by atoms with van der Waals surface area (Å²) in [6.45, 7) is 4.48. The molecule has 1 aliphatic rings. The highest BCUT2D eigenvalue weighted by molar-refractivity contribution is 7.90. The zero-order valence-electron chi connectivity index (χ0n) is 10.6. The van der Waals surface area contributed by atoms with Crippen molar-refractivity contribution in [2.24, 2.45) is 0 Å². The lowest BCUT2D eigenvalue weighted by atomic mass is 10.4. The normalized spacial score (nSPS) is 17.9. The second kappa shape index (κ2) is 5.64. The monoisotopic (exact) mass is 289 g/mol. The average molecular weight is 289 g/mol. The molecule has 2 rings (SSSR count). The van der Waals surface area contributed by atoms with Crippen LogP contribution in [0.4, 0.5) is 0 Å². The van der Waals surface area contributed by atoms with Gasteiger partial charge >= 0.3 is 0 Å². The van der Waals surface area contributed by atoms with Crippen molar-refractivity contribution in [3.05, 3.63) is 16.1 Å². The molecule has 5 nitrogen and oxygen atoms in total. The van der Waals surface area contributed by atoms with Crippen LogP contribution in [0.5, 0.6) is 0 Å². The fourth-order valence-electron chi connectivity index (χ4n) is 1.52. The molecule has 0 amide bonds. The van der Waals surface area contributed by atoms with Crippen molar-refractivity contribution >= 4 is 21.4 Å². The topological polar surface area (TPSA) is 71.1 Å². The summed E-state index contributed by atoms with van der Waals surface area (Å²) in [7, 11) is -3.26. The van der Waals surface area contributed by atoms with Gasteiger partial charge in [0.1, 0.15) is 5.01 Å². The van der Waals surface area contributed by atoms with Crippen molar-refractivity contribution in [1.29, 1.82) is 0 Å². The van der Waals surface area contributed by atoms with E-state index < -0.39 is 15.3 Å². The molecule has 102 valence electrons. The summed E-state index contributed by atoms with van der Waals surface area (Å²) in [5, 5.41) is 3.62. The third-order valence-electron chi connectivity index (χ3n) is 2.89. The summed E-state index contributed by atoms with van der Waals surface area (Å²) in [6.07, 6.45) is 4.09. The van der Waals surface area contributed by atoms with E-state index >= 15 is 0 Å². The third-order valence-corrected chi connectivity index (χ3v) is 5.58. The van der Waals surface area contributed by atoms with Gasteiger partial charge in [-0.15, -0.1) is 11.3 Å². The maximum atomic E-state index is 12.0. The first-order chi connectivity index (χ1) is 8.47. The Hall–Kier alpha value is -0.500. The number of nitrogens with one attached hydrogen (secondary N) is 2.